The number of carbonyl (C=O) groups excluding carboxylic acids is 1. The SMILES string of the molecule is CCOc1cc(C)ccc1NC(=O)c1ccccc1I. The number of halogens is 1. The lowest BCUT2D eigenvalue weighted by Gasteiger charge is -2.13. The second-order valence-corrected chi connectivity index (χ2v) is 5.53. The molecular formula is C16H16INO2. The Morgan fingerprint density at radius 2 is 2.00 bits per heavy atom. The molecule has 0 heterocycles. The van der Waals surface area contributed by atoms with Crippen LogP contribution in [-0.4, -0.2) is 12.5 Å². The predicted molar refractivity (Wildman–Crippen MR) is 89.5 cm³/mol. The van der Waals surface area contributed by atoms with E-state index in [9.17, 15) is 4.79 Å². The van der Waals surface area contributed by atoms with Crippen molar-refractivity contribution >= 4 is 34.2 Å². The number of aryl methyl sites for hydroxylation is 1. The minimum Gasteiger partial charge on any atom is -0.492 e. The normalized spacial score (nSPS) is 10.2. The molecule has 0 aromatic heterocycles. The van der Waals surface area contributed by atoms with Gasteiger partial charge >= 0.3 is 0 Å². The molecule has 0 bridgehead atoms. The predicted octanol–water partition coefficient (Wildman–Crippen LogP) is 4.25. The van der Waals surface area contributed by atoms with E-state index in [0.717, 1.165) is 9.13 Å². The van der Waals surface area contributed by atoms with Gasteiger partial charge in [-0.25, -0.2) is 0 Å². The number of carbonyl (C=O) groups is 1. The summed E-state index contributed by atoms with van der Waals surface area (Å²) in [5.74, 6) is 0.576. The van der Waals surface area contributed by atoms with Crippen LogP contribution in [0.2, 0.25) is 0 Å². The molecule has 0 atom stereocenters. The molecule has 0 aliphatic rings. The highest BCUT2D eigenvalue weighted by atomic mass is 127. The van der Waals surface area contributed by atoms with Crippen LogP contribution in [0, 0.1) is 10.5 Å². The van der Waals surface area contributed by atoms with E-state index in [-0.39, 0.29) is 5.91 Å². The van der Waals surface area contributed by atoms with E-state index in [0.29, 0.717) is 23.6 Å². The van der Waals surface area contributed by atoms with Crippen molar-refractivity contribution in [1.82, 2.24) is 0 Å². The van der Waals surface area contributed by atoms with E-state index in [1.54, 1.807) is 0 Å². The lowest BCUT2D eigenvalue weighted by atomic mass is 10.2. The van der Waals surface area contributed by atoms with Gasteiger partial charge in [0.15, 0.2) is 0 Å². The smallest absolute Gasteiger partial charge is 0.256 e. The third-order valence-electron chi connectivity index (χ3n) is 2.80. The van der Waals surface area contributed by atoms with E-state index in [1.807, 2.05) is 56.3 Å². The highest BCUT2D eigenvalue weighted by molar-refractivity contribution is 14.1. The topological polar surface area (TPSA) is 38.3 Å². The number of rotatable bonds is 4. The van der Waals surface area contributed by atoms with Crippen molar-refractivity contribution in [2.45, 2.75) is 13.8 Å². The fourth-order valence-electron chi connectivity index (χ4n) is 1.84. The zero-order valence-corrected chi connectivity index (χ0v) is 13.6. The quantitative estimate of drug-likeness (QED) is 0.805. The molecule has 20 heavy (non-hydrogen) atoms. The minimum atomic E-state index is -0.125. The maximum Gasteiger partial charge on any atom is 0.256 e. The summed E-state index contributed by atoms with van der Waals surface area (Å²) >= 11 is 2.16. The highest BCUT2D eigenvalue weighted by Gasteiger charge is 2.12. The van der Waals surface area contributed by atoms with Crippen molar-refractivity contribution in [3.8, 4) is 5.75 Å². The summed E-state index contributed by atoms with van der Waals surface area (Å²) in [4.78, 5) is 12.3. The molecule has 2 aromatic rings. The van der Waals surface area contributed by atoms with Crippen molar-refractivity contribution in [1.29, 1.82) is 0 Å². The zero-order chi connectivity index (χ0) is 14.5. The summed E-state index contributed by atoms with van der Waals surface area (Å²) in [7, 11) is 0. The van der Waals surface area contributed by atoms with Gasteiger partial charge in [0.1, 0.15) is 5.75 Å². The summed E-state index contributed by atoms with van der Waals surface area (Å²) < 4.78 is 6.49. The molecule has 0 saturated carbocycles. The lowest BCUT2D eigenvalue weighted by molar-refractivity contribution is 0.102. The Labute approximate surface area is 132 Å². The van der Waals surface area contributed by atoms with Crippen LogP contribution in [0.3, 0.4) is 0 Å². The first kappa shape index (κ1) is 14.8. The molecule has 0 unspecified atom stereocenters. The molecule has 0 fully saturated rings. The molecule has 1 amide bonds. The van der Waals surface area contributed by atoms with Gasteiger partial charge in [-0.2, -0.15) is 0 Å². The first-order valence-electron chi connectivity index (χ1n) is 6.41. The van der Waals surface area contributed by atoms with E-state index in [1.165, 1.54) is 0 Å². The number of benzene rings is 2. The van der Waals surface area contributed by atoms with Gasteiger partial charge in [-0.05, 0) is 66.3 Å². The van der Waals surface area contributed by atoms with E-state index in [4.69, 9.17) is 4.74 Å². The van der Waals surface area contributed by atoms with Crippen molar-refractivity contribution < 1.29 is 9.53 Å². The molecule has 0 aliphatic heterocycles. The van der Waals surface area contributed by atoms with E-state index >= 15 is 0 Å². The molecule has 104 valence electrons. The fraction of sp³-hybridized carbons (Fsp3) is 0.188. The van der Waals surface area contributed by atoms with Crippen molar-refractivity contribution in [2.24, 2.45) is 0 Å². The van der Waals surface area contributed by atoms with Gasteiger partial charge in [-0.3, -0.25) is 4.79 Å². The number of ether oxygens (including phenoxy) is 1. The first-order chi connectivity index (χ1) is 9.61. The largest absolute Gasteiger partial charge is 0.492 e. The first-order valence-corrected chi connectivity index (χ1v) is 7.49. The number of anilines is 1. The van der Waals surface area contributed by atoms with Crippen LogP contribution in [0.25, 0.3) is 0 Å². The maximum atomic E-state index is 12.3. The lowest BCUT2D eigenvalue weighted by Crippen LogP contribution is -2.14. The number of nitrogens with one attached hydrogen (secondary N) is 1. The Bertz CT molecular complexity index is 626. The van der Waals surface area contributed by atoms with Gasteiger partial charge in [-0.1, -0.05) is 18.2 Å². The Hall–Kier alpha value is -1.56. The van der Waals surface area contributed by atoms with E-state index in [2.05, 4.69) is 27.9 Å². The number of amides is 1. The monoisotopic (exact) mass is 381 g/mol. The minimum absolute atomic E-state index is 0.125. The molecule has 3 nitrogen and oxygen atoms in total. The van der Waals surface area contributed by atoms with Gasteiger partial charge in [0.2, 0.25) is 0 Å². The van der Waals surface area contributed by atoms with Gasteiger partial charge in [-0.15, -0.1) is 0 Å². The third kappa shape index (κ3) is 3.50. The third-order valence-corrected chi connectivity index (χ3v) is 3.74. The summed E-state index contributed by atoms with van der Waals surface area (Å²) in [6.45, 7) is 4.48. The molecule has 2 rings (SSSR count). The van der Waals surface area contributed by atoms with Crippen LogP contribution in [0.4, 0.5) is 5.69 Å². The van der Waals surface area contributed by atoms with Crippen LogP contribution in [0.5, 0.6) is 5.75 Å². The molecule has 2 aromatic carbocycles. The van der Waals surface area contributed by atoms with Crippen LogP contribution < -0.4 is 10.1 Å². The second-order valence-electron chi connectivity index (χ2n) is 4.37. The summed E-state index contributed by atoms with van der Waals surface area (Å²) in [5.41, 5.74) is 2.46. The molecule has 0 saturated heterocycles. The number of hydrogen-bond acceptors (Lipinski definition) is 2. The summed E-state index contributed by atoms with van der Waals surface area (Å²) in [6, 6.07) is 13.2. The molecule has 0 spiro atoms. The van der Waals surface area contributed by atoms with Crippen molar-refractivity contribution in [2.75, 3.05) is 11.9 Å². The Balaban J connectivity index is 2.26. The van der Waals surface area contributed by atoms with Crippen LogP contribution in [0.15, 0.2) is 42.5 Å². The van der Waals surface area contributed by atoms with Crippen LogP contribution in [0.1, 0.15) is 22.8 Å². The fourth-order valence-corrected chi connectivity index (χ4v) is 2.48. The molecular weight excluding hydrogens is 365 g/mol. The second kappa shape index (κ2) is 6.74. The van der Waals surface area contributed by atoms with Gasteiger partial charge < -0.3 is 10.1 Å². The summed E-state index contributed by atoms with van der Waals surface area (Å²) in [5, 5.41) is 2.91. The zero-order valence-electron chi connectivity index (χ0n) is 11.4. The molecule has 1 N–H and O–H groups in total. The van der Waals surface area contributed by atoms with Crippen molar-refractivity contribution in [3.05, 3.63) is 57.2 Å². The Kier molecular flexibility index (Phi) is 5.00. The van der Waals surface area contributed by atoms with Crippen molar-refractivity contribution in [3.63, 3.8) is 0 Å². The average molecular weight is 381 g/mol. The molecule has 4 heteroatoms. The van der Waals surface area contributed by atoms with E-state index < -0.39 is 0 Å². The van der Waals surface area contributed by atoms with Gasteiger partial charge in [0.05, 0.1) is 17.9 Å². The maximum absolute atomic E-state index is 12.3. The van der Waals surface area contributed by atoms with Gasteiger partial charge in [0.25, 0.3) is 5.91 Å². The highest BCUT2D eigenvalue weighted by Crippen LogP contribution is 2.26. The Morgan fingerprint density at radius 3 is 2.70 bits per heavy atom. The number of hydrogen-bond donors (Lipinski definition) is 1. The molecule has 0 aliphatic carbocycles. The van der Waals surface area contributed by atoms with Crippen LogP contribution in [-0.2, 0) is 0 Å². The molecule has 0 radical (unpaired) electrons. The summed E-state index contributed by atoms with van der Waals surface area (Å²) in [6.07, 6.45) is 0. The standard InChI is InChI=1S/C16H16INO2/c1-3-20-15-10-11(2)8-9-14(15)18-16(19)12-6-4-5-7-13(12)17/h4-10H,3H2,1-2H3,(H,18,19). The Morgan fingerprint density at radius 1 is 1.25 bits per heavy atom. The van der Waals surface area contributed by atoms with Gasteiger partial charge in [0, 0.05) is 3.57 Å². The van der Waals surface area contributed by atoms with Crippen LogP contribution >= 0.6 is 22.6 Å². The average Bonchev–Trinajstić information content (AvgIpc) is 2.42.